The fraction of sp³-hybridized carbons (Fsp3) is 0.529. The number of carbonyl (C=O) groups excluding carboxylic acids is 1. The van der Waals surface area contributed by atoms with Gasteiger partial charge in [-0.15, -0.1) is 0 Å². The molecule has 3 rings (SSSR count). The van der Waals surface area contributed by atoms with Gasteiger partial charge in [-0.2, -0.15) is 0 Å². The minimum atomic E-state index is -1.29. The van der Waals surface area contributed by atoms with Crippen LogP contribution in [0.4, 0.5) is 10.5 Å². The Bertz CT molecular complexity index is 612. The van der Waals surface area contributed by atoms with Gasteiger partial charge in [-0.05, 0) is 57.4 Å². The smallest absolute Gasteiger partial charge is 0.347 e. The van der Waals surface area contributed by atoms with Crippen molar-refractivity contribution in [3.05, 3.63) is 24.3 Å². The van der Waals surface area contributed by atoms with Gasteiger partial charge in [0.1, 0.15) is 5.75 Å². The fourth-order valence-corrected chi connectivity index (χ4v) is 3.13. The molecule has 2 saturated heterocycles. The number of ether oxygens (including phenoxy) is 1. The van der Waals surface area contributed by atoms with Crippen molar-refractivity contribution in [2.45, 2.75) is 44.8 Å². The Morgan fingerprint density at radius 1 is 1.26 bits per heavy atom. The van der Waals surface area contributed by atoms with Crippen molar-refractivity contribution < 1.29 is 19.4 Å². The predicted molar refractivity (Wildman–Crippen MR) is 85.9 cm³/mol. The summed E-state index contributed by atoms with van der Waals surface area (Å²) in [6, 6.07) is 7.43. The zero-order valence-electron chi connectivity index (χ0n) is 13.5. The fourth-order valence-electron chi connectivity index (χ4n) is 3.13. The molecule has 0 saturated carbocycles. The summed E-state index contributed by atoms with van der Waals surface area (Å²) in [4.78, 5) is 27.3. The number of benzene rings is 1. The highest BCUT2D eigenvalue weighted by atomic mass is 16.5. The highest BCUT2D eigenvalue weighted by molar-refractivity contribution is 5.94. The van der Waals surface area contributed by atoms with Crippen molar-refractivity contribution in [2.24, 2.45) is 0 Å². The second-order valence-corrected chi connectivity index (χ2v) is 6.65. The first kappa shape index (κ1) is 15.6. The maximum atomic E-state index is 12.5. The average Bonchev–Trinajstić information content (AvgIpc) is 2.85. The number of amides is 2. The van der Waals surface area contributed by atoms with Crippen molar-refractivity contribution >= 4 is 17.7 Å². The molecule has 0 spiro atoms. The van der Waals surface area contributed by atoms with Gasteiger partial charge >= 0.3 is 12.0 Å². The highest BCUT2D eigenvalue weighted by Crippen LogP contribution is 2.30. The third kappa shape index (κ3) is 2.98. The molecule has 6 nitrogen and oxygen atoms in total. The van der Waals surface area contributed by atoms with Crippen LogP contribution in [0.3, 0.4) is 0 Å². The molecule has 23 heavy (non-hydrogen) atoms. The number of carboxylic acids is 1. The third-order valence-corrected chi connectivity index (χ3v) is 4.53. The number of carboxylic acid groups (broad SMARTS) is 1. The van der Waals surface area contributed by atoms with E-state index in [0.717, 1.165) is 31.6 Å². The standard InChI is InChI=1S/C17H22N2O4/c1-17(2,15(20)21)23-14-8-6-12(7-9-14)19-11-13-5-3-4-10-18(13)16(19)22/h6-9,13H,3-5,10-11H2,1-2H3,(H,20,21)/t13-/m0/s1. The monoisotopic (exact) mass is 318 g/mol. The van der Waals surface area contributed by atoms with E-state index < -0.39 is 11.6 Å². The summed E-state index contributed by atoms with van der Waals surface area (Å²) in [5.41, 5.74) is -0.462. The van der Waals surface area contributed by atoms with E-state index in [1.54, 1.807) is 17.0 Å². The summed E-state index contributed by atoms with van der Waals surface area (Å²) in [6.07, 6.45) is 3.32. The number of piperidine rings is 1. The summed E-state index contributed by atoms with van der Waals surface area (Å²) < 4.78 is 5.49. The molecule has 1 aromatic carbocycles. The second-order valence-electron chi connectivity index (χ2n) is 6.65. The molecule has 0 aliphatic carbocycles. The van der Waals surface area contributed by atoms with Crippen LogP contribution in [0.15, 0.2) is 24.3 Å². The van der Waals surface area contributed by atoms with E-state index in [1.807, 2.05) is 17.0 Å². The van der Waals surface area contributed by atoms with Gasteiger partial charge in [0.25, 0.3) is 0 Å². The molecular formula is C17H22N2O4. The molecule has 124 valence electrons. The Hall–Kier alpha value is -2.24. The maximum absolute atomic E-state index is 12.5. The number of aliphatic carboxylic acids is 1. The van der Waals surface area contributed by atoms with Crippen LogP contribution in [0.25, 0.3) is 0 Å². The molecule has 6 heteroatoms. The van der Waals surface area contributed by atoms with Crippen LogP contribution in [0, 0.1) is 0 Å². The lowest BCUT2D eigenvalue weighted by molar-refractivity contribution is -0.152. The quantitative estimate of drug-likeness (QED) is 0.926. The van der Waals surface area contributed by atoms with Gasteiger partial charge in [0.2, 0.25) is 0 Å². The van der Waals surface area contributed by atoms with E-state index in [1.165, 1.54) is 20.3 Å². The number of rotatable bonds is 4. The Kier molecular flexibility index (Phi) is 3.92. The molecule has 1 N–H and O–H groups in total. The van der Waals surface area contributed by atoms with Crippen LogP contribution >= 0.6 is 0 Å². The van der Waals surface area contributed by atoms with E-state index in [9.17, 15) is 9.59 Å². The van der Waals surface area contributed by atoms with E-state index >= 15 is 0 Å². The zero-order chi connectivity index (χ0) is 16.6. The number of anilines is 1. The highest BCUT2D eigenvalue weighted by Gasteiger charge is 2.39. The lowest BCUT2D eigenvalue weighted by atomic mass is 10.0. The van der Waals surface area contributed by atoms with Gasteiger partial charge in [-0.3, -0.25) is 4.90 Å². The summed E-state index contributed by atoms with van der Waals surface area (Å²) in [6.45, 7) is 4.57. The van der Waals surface area contributed by atoms with E-state index in [2.05, 4.69) is 0 Å². The molecule has 1 atom stereocenters. The van der Waals surface area contributed by atoms with Crippen molar-refractivity contribution in [2.75, 3.05) is 18.0 Å². The van der Waals surface area contributed by atoms with Crippen LogP contribution in [-0.4, -0.2) is 46.7 Å². The molecule has 2 fully saturated rings. The second kappa shape index (κ2) is 5.76. The number of hydrogen-bond acceptors (Lipinski definition) is 3. The summed E-state index contributed by atoms with van der Waals surface area (Å²) in [7, 11) is 0. The molecule has 2 amide bonds. The Labute approximate surface area is 135 Å². The van der Waals surface area contributed by atoms with Crippen molar-refractivity contribution in [1.82, 2.24) is 4.90 Å². The molecule has 2 aliphatic rings. The molecule has 0 bridgehead atoms. The van der Waals surface area contributed by atoms with Gasteiger partial charge in [0, 0.05) is 18.8 Å². The van der Waals surface area contributed by atoms with Gasteiger partial charge in [-0.1, -0.05) is 0 Å². The number of fused-ring (bicyclic) bond motifs is 1. The Balaban J connectivity index is 1.73. The maximum Gasteiger partial charge on any atom is 0.347 e. The molecule has 2 aliphatic heterocycles. The molecule has 0 aromatic heterocycles. The molecular weight excluding hydrogens is 296 g/mol. The van der Waals surface area contributed by atoms with Crippen LogP contribution in [0.5, 0.6) is 5.75 Å². The van der Waals surface area contributed by atoms with Crippen molar-refractivity contribution in [3.63, 3.8) is 0 Å². The molecule has 0 unspecified atom stereocenters. The number of hydrogen-bond donors (Lipinski definition) is 1. The van der Waals surface area contributed by atoms with E-state index in [0.29, 0.717) is 11.8 Å². The van der Waals surface area contributed by atoms with E-state index in [4.69, 9.17) is 9.84 Å². The van der Waals surface area contributed by atoms with Gasteiger partial charge < -0.3 is 14.7 Å². The lowest BCUT2D eigenvalue weighted by Gasteiger charge is -2.27. The summed E-state index contributed by atoms with van der Waals surface area (Å²) >= 11 is 0. The van der Waals surface area contributed by atoms with Crippen LogP contribution in [0.2, 0.25) is 0 Å². The minimum Gasteiger partial charge on any atom is -0.478 e. The van der Waals surface area contributed by atoms with Crippen molar-refractivity contribution in [3.8, 4) is 5.75 Å². The molecule has 1 aromatic rings. The first-order chi connectivity index (χ1) is 10.9. The van der Waals surface area contributed by atoms with Crippen molar-refractivity contribution in [1.29, 1.82) is 0 Å². The summed E-state index contributed by atoms with van der Waals surface area (Å²) in [5.74, 6) is -0.543. The van der Waals surface area contributed by atoms with Gasteiger partial charge in [0.15, 0.2) is 5.60 Å². The van der Waals surface area contributed by atoms with E-state index in [-0.39, 0.29) is 6.03 Å². The largest absolute Gasteiger partial charge is 0.478 e. The third-order valence-electron chi connectivity index (χ3n) is 4.53. The van der Waals surface area contributed by atoms with Crippen LogP contribution < -0.4 is 9.64 Å². The summed E-state index contributed by atoms with van der Waals surface area (Å²) in [5, 5.41) is 9.10. The van der Waals surface area contributed by atoms with Gasteiger partial charge in [0.05, 0.1) is 6.04 Å². The number of urea groups is 1. The first-order valence-electron chi connectivity index (χ1n) is 7.99. The normalized spacial score (nSPS) is 21.3. The SMILES string of the molecule is CC(C)(Oc1ccc(N2C[C@@H]3CCCCN3C2=O)cc1)C(=O)O. The van der Waals surface area contributed by atoms with Gasteiger partial charge in [-0.25, -0.2) is 9.59 Å². The molecule has 0 radical (unpaired) electrons. The zero-order valence-corrected chi connectivity index (χ0v) is 13.5. The topological polar surface area (TPSA) is 70.1 Å². The Morgan fingerprint density at radius 3 is 2.57 bits per heavy atom. The van der Waals surface area contributed by atoms with Crippen LogP contribution in [-0.2, 0) is 4.79 Å². The minimum absolute atomic E-state index is 0.0641. The van der Waals surface area contributed by atoms with Crippen LogP contribution in [0.1, 0.15) is 33.1 Å². The number of carbonyl (C=O) groups is 2. The Morgan fingerprint density at radius 2 is 1.96 bits per heavy atom. The number of nitrogens with zero attached hydrogens (tertiary/aromatic N) is 2. The lowest BCUT2D eigenvalue weighted by Crippen LogP contribution is -2.38. The predicted octanol–water partition coefficient (Wildman–Crippen LogP) is 2.72. The first-order valence-corrected chi connectivity index (χ1v) is 7.99. The molecule has 2 heterocycles. The average molecular weight is 318 g/mol.